The number of anilines is 1. The van der Waals surface area contributed by atoms with Crippen LogP contribution in [0.4, 0.5) is 5.00 Å². The van der Waals surface area contributed by atoms with Crippen molar-refractivity contribution in [3.63, 3.8) is 0 Å². The van der Waals surface area contributed by atoms with Crippen LogP contribution in [0, 0.1) is 0 Å². The van der Waals surface area contributed by atoms with E-state index in [0.717, 1.165) is 5.56 Å². The molecule has 36 heavy (non-hydrogen) atoms. The standard InChI is InChI=1S/C26H27NO8S/c1-5-34-26(30)23-18(17-9-7-6-8-10-17)15-36-25(23)27-21(28)14-35-22(29)13-16-11-19(31-2)24(33-4)20(12-16)32-3/h6-12,15H,5,13-14H2,1-4H3,(H,27,28). The Bertz CT molecular complexity index is 1200. The Morgan fingerprint density at radius 3 is 2.17 bits per heavy atom. The first-order valence-electron chi connectivity index (χ1n) is 11.0. The van der Waals surface area contributed by atoms with Gasteiger partial charge in [0.25, 0.3) is 5.91 Å². The van der Waals surface area contributed by atoms with Crippen molar-refractivity contribution in [2.45, 2.75) is 13.3 Å². The van der Waals surface area contributed by atoms with Crippen LogP contribution in [0.25, 0.3) is 11.1 Å². The van der Waals surface area contributed by atoms with Crippen molar-refractivity contribution in [3.05, 3.63) is 59.0 Å². The van der Waals surface area contributed by atoms with Gasteiger partial charge in [0.05, 0.1) is 34.4 Å². The summed E-state index contributed by atoms with van der Waals surface area (Å²) in [7, 11) is 4.43. The number of hydrogen-bond acceptors (Lipinski definition) is 9. The van der Waals surface area contributed by atoms with Crippen LogP contribution in [0.5, 0.6) is 17.2 Å². The Hall–Kier alpha value is -4.05. The highest BCUT2D eigenvalue weighted by molar-refractivity contribution is 7.15. The first-order chi connectivity index (χ1) is 17.4. The SMILES string of the molecule is CCOC(=O)c1c(-c2ccccc2)csc1NC(=O)COC(=O)Cc1cc(OC)c(OC)c(OC)c1. The lowest BCUT2D eigenvalue weighted by atomic mass is 10.0. The highest BCUT2D eigenvalue weighted by atomic mass is 32.1. The van der Waals surface area contributed by atoms with Gasteiger partial charge in [-0.2, -0.15) is 0 Å². The lowest BCUT2D eigenvalue weighted by Gasteiger charge is -2.14. The lowest BCUT2D eigenvalue weighted by molar-refractivity contribution is -0.146. The van der Waals surface area contributed by atoms with Gasteiger partial charge in [-0.05, 0) is 30.2 Å². The number of benzene rings is 2. The van der Waals surface area contributed by atoms with Crippen molar-refractivity contribution in [2.75, 3.05) is 39.9 Å². The Morgan fingerprint density at radius 2 is 1.58 bits per heavy atom. The van der Waals surface area contributed by atoms with Crippen molar-refractivity contribution in [3.8, 4) is 28.4 Å². The second-order valence-corrected chi connectivity index (χ2v) is 8.24. The van der Waals surface area contributed by atoms with Crippen LogP contribution in [0.15, 0.2) is 47.8 Å². The summed E-state index contributed by atoms with van der Waals surface area (Å²) in [4.78, 5) is 37.6. The fourth-order valence-electron chi connectivity index (χ4n) is 3.45. The predicted molar refractivity (Wildman–Crippen MR) is 135 cm³/mol. The first-order valence-corrected chi connectivity index (χ1v) is 11.9. The lowest BCUT2D eigenvalue weighted by Crippen LogP contribution is -2.22. The summed E-state index contributed by atoms with van der Waals surface area (Å²) in [5.41, 5.74) is 2.28. The highest BCUT2D eigenvalue weighted by Gasteiger charge is 2.23. The van der Waals surface area contributed by atoms with Gasteiger partial charge in [-0.25, -0.2) is 4.79 Å². The largest absolute Gasteiger partial charge is 0.493 e. The summed E-state index contributed by atoms with van der Waals surface area (Å²) in [6.07, 6.45) is -0.116. The summed E-state index contributed by atoms with van der Waals surface area (Å²) >= 11 is 1.19. The van der Waals surface area contributed by atoms with Crippen molar-refractivity contribution < 1.29 is 38.1 Å². The zero-order valence-electron chi connectivity index (χ0n) is 20.4. The predicted octanol–water partition coefficient (Wildman–Crippen LogP) is 4.34. The number of carbonyl (C=O) groups excluding carboxylic acids is 3. The van der Waals surface area contributed by atoms with Gasteiger partial charge in [0, 0.05) is 10.9 Å². The molecule has 3 aromatic rings. The average molecular weight is 514 g/mol. The van der Waals surface area contributed by atoms with E-state index in [1.807, 2.05) is 30.3 Å². The van der Waals surface area contributed by atoms with Crippen molar-refractivity contribution in [2.24, 2.45) is 0 Å². The Kier molecular flexibility index (Phi) is 9.29. The summed E-state index contributed by atoms with van der Waals surface area (Å²) < 4.78 is 26.2. The molecule has 0 fully saturated rings. The third-order valence-electron chi connectivity index (χ3n) is 5.05. The number of rotatable bonds is 11. The third kappa shape index (κ3) is 6.33. The van der Waals surface area contributed by atoms with Crippen LogP contribution in [0.3, 0.4) is 0 Å². The number of hydrogen-bond donors (Lipinski definition) is 1. The fourth-order valence-corrected chi connectivity index (χ4v) is 4.42. The fraction of sp³-hybridized carbons (Fsp3) is 0.269. The molecule has 0 spiro atoms. The first kappa shape index (κ1) is 26.6. The number of nitrogens with one attached hydrogen (secondary N) is 1. The van der Waals surface area contributed by atoms with Crippen LogP contribution < -0.4 is 19.5 Å². The molecule has 1 N–H and O–H groups in total. The van der Waals surface area contributed by atoms with Crippen LogP contribution in [0.2, 0.25) is 0 Å². The van der Waals surface area contributed by atoms with Crippen LogP contribution in [-0.2, 0) is 25.5 Å². The molecule has 1 amide bonds. The molecule has 9 nitrogen and oxygen atoms in total. The number of carbonyl (C=O) groups is 3. The Morgan fingerprint density at radius 1 is 0.917 bits per heavy atom. The van der Waals surface area contributed by atoms with E-state index in [4.69, 9.17) is 23.7 Å². The number of ether oxygens (including phenoxy) is 5. The molecule has 2 aromatic carbocycles. The van der Waals surface area contributed by atoms with Crippen molar-refractivity contribution in [1.29, 1.82) is 0 Å². The third-order valence-corrected chi connectivity index (χ3v) is 5.94. The van der Waals surface area contributed by atoms with E-state index in [1.165, 1.54) is 32.7 Å². The maximum atomic E-state index is 12.6. The van der Waals surface area contributed by atoms with E-state index in [-0.39, 0.29) is 18.6 Å². The van der Waals surface area contributed by atoms with Gasteiger partial charge in [0.2, 0.25) is 5.75 Å². The van der Waals surface area contributed by atoms with E-state index < -0.39 is 24.5 Å². The molecule has 0 saturated heterocycles. The molecule has 10 heteroatoms. The van der Waals surface area contributed by atoms with Gasteiger partial charge < -0.3 is 29.0 Å². The molecule has 0 aliphatic rings. The summed E-state index contributed by atoms with van der Waals surface area (Å²) in [6, 6.07) is 12.6. The smallest absolute Gasteiger partial charge is 0.341 e. The molecule has 0 bridgehead atoms. The van der Waals surface area contributed by atoms with Gasteiger partial charge in [-0.1, -0.05) is 30.3 Å². The molecule has 190 valence electrons. The van der Waals surface area contributed by atoms with Crippen LogP contribution in [-0.4, -0.2) is 52.4 Å². The minimum atomic E-state index is -0.624. The van der Waals surface area contributed by atoms with Crippen molar-refractivity contribution >= 4 is 34.2 Å². The van der Waals surface area contributed by atoms with Crippen LogP contribution in [0.1, 0.15) is 22.8 Å². The second kappa shape index (κ2) is 12.6. The summed E-state index contributed by atoms with van der Waals surface area (Å²) in [6.45, 7) is 1.37. The minimum absolute atomic E-state index is 0.116. The zero-order chi connectivity index (χ0) is 26.1. The molecule has 0 aliphatic carbocycles. The van der Waals surface area contributed by atoms with E-state index in [2.05, 4.69) is 5.32 Å². The molecule has 0 saturated carbocycles. The Balaban J connectivity index is 1.68. The molecule has 1 heterocycles. The number of amides is 1. The topological polar surface area (TPSA) is 109 Å². The second-order valence-electron chi connectivity index (χ2n) is 7.36. The molecule has 0 atom stereocenters. The van der Waals surface area contributed by atoms with E-state index >= 15 is 0 Å². The molecule has 0 radical (unpaired) electrons. The molecule has 1 aromatic heterocycles. The molecular formula is C26H27NO8S. The zero-order valence-corrected chi connectivity index (χ0v) is 21.2. The molecule has 3 rings (SSSR count). The normalized spacial score (nSPS) is 10.3. The number of thiophene rings is 1. The molecular weight excluding hydrogens is 486 g/mol. The van der Waals surface area contributed by atoms with E-state index in [9.17, 15) is 14.4 Å². The maximum absolute atomic E-state index is 12.6. The van der Waals surface area contributed by atoms with Gasteiger partial charge in [0.1, 0.15) is 10.6 Å². The highest BCUT2D eigenvalue weighted by Crippen LogP contribution is 2.38. The van der Waals surface area contributed by atoms with Gasteiger partial charge >= 0.3 is 11.9 Å². The van der Waals surface area contributed by atoms with E-state index in [0.29, 0.717) is 33.4 Å². The van der Waals surface area contributed by atoms with Gasteiger partial charge in [-0.15, -0.1) is 11.3 Å². The summed E-state index contributed by atoms with van der Waals surface area (Å²) in [5.74, 6) is -0.555. The van der Waals surface area contributed by atoms with Crippen molar-refractivity contribution in [1.82, 2.24) is 0 Å². The van der Waals surface area contributed by atoms with Crippen LogP contribution >= 0.6 is 11.3 Å². The quantitative estimate of drug-likeness (QED) is 0.377. The monoisotopic (exact) mass is 513 g/mol. The summed E-state index contributed by atoms with van der Waals surface area (Å²) in [5, 5.41) is 4.74. The maximum Gasteiger partial charge on any atom is 0.341 e. The van der Waals surface area contributed by atoms with Gasteiger partial charge in [-0.3, -0.25) is 9.59 Å². The molecule has 0 aliphatic heterocycles. The number of methoxy groups -OCH3 is 3. The minimum Gasteiger partial charge on any atom is -0.493 e. The number of esters is 2. The molecule has 0 unspecified atom stereocenters. The average Bonchev–Trinajstić information content (AvgIpc) is 3.31. The van der Waals surface area contributed by atoms with Gasteiger partial charge in [0.15, 0.2) is 18.1 Å². The van der Waals surface area contributed by atoms with E-state index in [1.54, 1.807) is 24.4 Å². The Labute approximate surface area is 212 Å².